The zero-order valence-electron chi connectivity index (χ0n) is 18.5. The molecule has 172 valence electrons. The quantitative estimate of drug-likeness (QED) is 0.574. The van der Waals surface area contributed by atoms with Gasteiger partial charge in [-0.2, -0.15) is 9.57 Å². The molecule has 2 aliphatic heterocycles. The second-order valence-corrected chi connectivity index (χ2v) is 9.77. The fourth-order valence-corrected chi connectivity index (χ4v) is 5.70. The maximum Gasteiger partial charge on any atom is 0.244 e. The number of ether oxygens (including phenoxy) is 2. The predicted molar refractivity (Wildman–Crippen MR) is 127 cm³/mol. The summed E-state index contributed by atoms with van der Waals surface area (Å²) in [5, 5.41) is 9.36. The Labute approximate surface area is 198 Å². The van der Waals surface area contributed by atoms with E-state index in [1.54, 1.807) is 19.2 Å². The first kappa shape index (κ1) is 21.9. The lowest BCUT2D eigenvalue weighted by molar-refractivity contribution is 0.266. The van der Waals surface area contributed by atoms with Crippen LogP contribution in [0.25, 0.3) is 0 Å². The fraction of sp³-hybridized carbons (Fsp3) is 0.200. The van der Waals surface area contributed by atoms with E-state index in [9.17, 15) is 13.7 Å². The third-order valence-corrected chi connectivity index (χ3v) is 7.86. The fourth-order valence-electron chi connectivity index (χ4n) is 4.13. The molecule has 9 heteroatoms. The van der Waals surface area contributed by atoms with Gasteiger partial charge in [-0.15, -0.1) is 0 Å². The number of amidine groups is 1. The van der Waals surface area contributed by atoms with E-state index in [2.05, 4.69) is 4.90 Å². The summed E-state index contributed by atoms with van der Waals surface area (Å²) in [7, 11) is -2.18. The molecule has 0 spiro atoms. The number of methoxy groups -OCH3 is 1. The monoisotopic (exact) mass is 474 g/mol. The van der Waals surface area contributed by atoms with E-state index in [1.807, 2.05) is 48.5 Å². The molecule has 0 bridgehead atoms. The van der Waals surface area contributed by atoms with E-state index < -0.39 is 10.0 Å². The van der Waals surface area contributed by atoms with Crippen LogP contribution < -0.4 is 9.47 Å². The molecule has 8 nitrogen and oxygen atoms in total. The first-order chi connectivity index (χ1) is 16.5. The lowest BCUT2D eigenvalue weighted by atomic mass is 10.1. The zero-order valence-corrected chi connectivity index (χ0v) is 19.3. The number of nitriles is 1. The van der Waals surface area contributed by atoms with Gasteiger partial charge >= 0.3 is 0 Å². The average molecular weight is 475 g/mol. The van der Waals surface area contributed by atoms with Crippen molar-refractivity contribution in [3.63, 3.8) is 0 Å². The second kappa shape index (κ2) is 8.82. The Morgan fingerprint density at radius 1 is 0.971 bits per heavy atom. The molecule has 0 radical (unpaired) electrons. The number of sulfonamides is 1. The molecule has 5 rings (SSSR count). The molecular formula is C25H22N4O4S. The van der Waals surface area contributed by atoms with E-state index in [4.69, 9.17) is 14.5 Å². The Hall–Kier alpha value is -3.87. The highest BCUT2D eigenvalue weighted by Crippen LogP contribution is 2.39. The summed E-state index contributed by atoms with van der Waals surface area (Å²) in [6.45, 7) is 1.41. The van der Waals surface area contributed by atoms with Crippen molar-refractivity contribution < 1.29 is 17.9 Å². The third-order valence-electron chi connectivity index (χ3n) is 5.90. The minimum atomic E-state index is -3.79. The largest absolute Gasteiger partial charge is 0.497 e. The highest BCUT2D eigenvalue weighted by Gasteiger charge is 2.32. The molecule has 34 heavy (non-hydrogen) atoms. The first-order valence-electron chi connectivity index (χ1n) is 10.8. The molecule has 0 aromatic heterocycles. The molecule has 3 aromatic carbocycles. The number of hydrogen-bond acceptors (Lipinski definition) is 7. The molecule has 0 saturated carbocycles. The van der Waals surface area contributed by atoms with Crippen LogP contribution in [0, 0.1) is 11.3 Å². The maximum absolute atomic E-state index is 13.2. The number of benzene rings is 3. The van der Waals surface area contributed by atoms with Crippen molar-refractivity contribution in [1.82, 2.24) is 9.21 Å². The Morgan fingerprint density at radius 2 is 1.71 bits per heavy atom. The highest BCUT2D eigenvalue weighted by atomic mass is 32.2. The van der Waals surface area contributed by atoms with Crippen LogP contribution in [0.1, 0.15) is 11.1 Å². The van der Waals surface area contributed by atoms with Crippen molar-refractivity contribution in [2.45, 2.75) is 4.90 Å². The van der Waals surface area contributed by atoms with Gasteiger partial charge in [-0.25, -0.2) is 13.4 Å². The molecule has 3 aromatic rings. The molecule has 0 unspecified atom stereocenters. The van der Waals surface area contributed by atoms with Crippen molar-refractivity contribution in [2.24, 2.45) is 4.99 Å². The van der Waals surface area contributed by atoms with Crippen molar-refractivity contribution in [2.75, 3.05) is 33.3 Å². The minimum Gasteiger partial charge on any atom is -0.497 e. The molecule has 2 aliphatic rings. The average Bonchev–Trinajstić information content (AvgIpc) is 3.05. The van der Waals surface area contributed by atoms with Gasteiger partial charge in [0.25, 0.3) is 0 Å². The number of piperazine rings is 1. The van der Waals surface area contributed by atoms with Crippen LogP contribution in [-0.2, 0) is 10.0 Å². The molecule has 0 amide bonds. The number of aliphatic imine (C=N–C) groups is 1. The summed E-state index contributed by atoms with van der Waals surface area (Å²) >= 11 is 0. The maximum atomic E-state index is 13.2. The van der Waals surface area contributed by atoms with Crippen molar-refractivity contribution >= 4 is 21.5 Å². The van der Waals surface area contributed by atoms with E-state index in [0.29, 0.717) is 41.9 Å². The second-order valence-electron chi connectivity index (χ2n) is 7.87. The number of fused-ring (bicyclic) bond motifs is 2. The standard InChI is InChI=1S/C25H22N4O4S/c1-32-19-10-11-22-20(16-19)25(27-21-7-3-4-8-23(21)33-22)28-12-14-29(15-13-28)34(30,31)24-9-5-2-6-18(24)17-26/h2-11,16H,12-15H2,1H3. The van der Waals surface area contributed by atoms with Crippen LogP contribution in [0.3, 0.4) is 0 Å². The molecule has 1 saturated heterocycles. The molecule has 0 atom stereocenters. The van der Waals surface area contributed by atoms with Crippen LogP contribution in [-0.4, -0.2) is 56.7 Å². The zero-order chi connectivity index (χ0) is 23.7. The Bertz CT molecular complexity index is 1420. The Kier molecular flexibility index (Phi) is 5.69. The van der Waals surface area contributed by atoms with E-state index in [-0.39, 0.29) is 23.5 Å². The molecule has 2 heterocycles. The van der Waals surface area contributed by atoms with Crippen LogP contribution in [0.2, 0.25) is 0 Å². The van der Waals surface area contributed by atoms with Gasteiger partial charge in [-0.1, -0.05) is 24.3 Å². The van der Waals surface area contributed by atoms with Crippen molar-refractivity contribution in [1.29, 1.82) is 5.26 Å². The Morgan fingerprint density at radius 3 is 2.47 bits per heavy atom. The van der Waals surface area contributed by atoms with Gasteiger partial charge in [0, 0.05) is 26.2 Å². The highest BCUT2D eigenvalue weighted by molar-refractivity contribution is 7.89. The van der Waals surface area contributed by atoms with Crippen molar-refractivity contribution in [3.8, 4) is 23.3 Å². The summed E-state index contributed by atoms with van der Waals surface area (Å²) in [6, 6.07) is 21.4. The van der Waals surface area contributed by atoms with Gasteiger partial charge in [0.1, 0.15) is 29.1 Å². The van der Waals surface area contributed by atoms with E-state index in [1.165, 1.54) is 16.4 Å². The summed E-state index contributed by atoms with van der Waals surface area (Å²) in [5.41, 5.74) is 1.63. The summed E-state index contributed by atoms with van der Waals surface area (Å²) in [6.07, 6.45) is 0. The van der Waals surface area contributed by atoms with Gasteiger partial charge in [0.2, 0.25) is 10.0 Å². The number of rotatable bonds is 3. The van der Waals surface area contributed by atoms with E-state index in [0.717, 1.165) is 5.56 Å². The summed E-state index contributed by atoms with van der Waals surface area (Å²) < 4.78 is 39.5. The van der Waals surface area contributed by atoms with Gasteiger partial charge in [-0.05, 0) is 42.5 Å². The first-order valence-corrected chi connectivity index (χ1v) is 12.2. The molecular weight excluding hydrogens is 452 g/mol. The van der Waals surface area contributed by atoms with Crippen LogP contribution >= 0.6 is 0 Å². The normalized spacial score (nSPS) is 15.8. The van der Waals surface area contributed by atoms with Gasteiger partial charge in [-0.3, -0.25) is 0 Å². The smallest absolute Gasteiger partial charge is 0.244 e. The van der Waals surface area contributed by atoms with Gasteiger partial charge in [0.05, 0.1) is 23.1 Å². The lowest BCUT2D eigenvalue weighted by Crippen LogP contribution is -2.50. The number of nitrogens with zero attached hydrogens (tertiary/aromatic N) is 4. The predicted octanol–water partition coefficient (Wildman–Crippen LogP) is 3.76. The minimum absolute atomic E-state index is 0.0372. The summed E-state index contributed by atoms with van der Waals surface area (Å²) in [5.74, 6) is 2.68. The van der Waals surface area contributed by atoms with Gasteiger partial charge < -0.3 is 14.4 Å². The topological polar surface area (TPSA) is 95.2 Å². The number of hydrogen-bond donors (Lipinski definition) is 0. The van der Waals surface area contributed by atoms with Crippen LogP contribution in [0.4, 0.5) is 5.69 Å². The Balaban J connectivity index is 1.47. The van der Waals surface area contributed by atoms with Crippen molar-refractivity contribution in [3.05, 3.63) is 77.9 Å². The van der Waals surface area contributed by atoms with E-state index >= 15 is 0 Å². The number of para-hydroxylation sites is 2. The molecule has 1 fully saturated rings. The van der Waals surface area contributed by atoms with Crippen LogP contribution in [0.5, 0.6) is 17.2 Å². The van der Waals surface area contributed by atoms with Gasteiger partial charge in [0.15, 0.2) is 5.75 Å². The SMILES string of the molecule is COc1ccc2c(c1)C(N1CCN(S(=O)(=O)c3ccccc3C#N)CC1)=Nc1ccccc1O2. The molecule has 0 aliphatic carbocycles. The molecule has 0 N–H and O–H groups in total. The summed E-state index contributed by atoms with van der Waals surface area (Å²) in [4.78, 5) is 7.00. The van der Waals surface area contributed by atoms with Crippen LogP contribution in [0.15, 0.2) is 76.6 Å². The third kappa shape index (κ3) is 3.87. The lowest BCUT2D eigenvalue weighted by Gasteiger charge is -2.36.